The predicted molar refractivity (Wildman–Crippen MR) is 125 cm³/mol. The minimum Gasteiger partial charge on any atom is -0.469 e. The molecule has 168 valence electrons. The van der Waals surface area contributed by atoms with Crippen LogP contribution in [0.1, 0.15) is 30.3 Å². The number of hydrogen-bond acceptors (Lipinski definition) is 9. The van der Waals surface area contributed by atoms with Gasteiger partial charge >= 0.3 is 5.97 Å². The van der Waals surface area contributed by atoms with Crippen molar-refractivity contribution in [2.24, 2.45) is 0 Å². The van der Waals surface area contributed by atoms with E-state index in [0.29, 0.717) is 34.3 Å². The molecule has 3 aromatic rings. The highest BCUT2D eigenvalue weighted by molar-refractivity contribution is 7.98. The van der Waals surface area contributed by atoms with E-state index < -0.39 is 0 Å². The van der Waals surface area contributed by atoms with E-state index in [2.05, 4.69) is 31.1 Å². The topological polar surface area (TPSA) is 144 Å². The van der Waals surface area contributed by atoms with Gasteiger partial charge in [-0.25, -0.2) is 9.97 Å². The number of rotatable bonds is 8. The summed E-state index contributed by atoms with van der Waals surface area (Å²) in [4.78, 5) is 35.9. The van der Waals surface area contributed by atoms with E-state index in [1.165, 1.54) is 25.8 Å². The van der Waals surface area contributed by atoms with E-state index in [1.54, 1.807) is 24.3 Å². The third-order valence-electron chi connectivity index (χ3n) is 4.53. The van der Waals surface area contributed by atoms with Crippen LogP contribution in [0.15, 0.2) is 47.6 Å². The number of nitrogen functional groups attached to an aromatic ring is 1. The van der Waals surface area contributed by atoms with Crippen LogP contribution in [-0.2, 0) is 26.5 Å². The molecule has 3 rings (SSSR count). The van der Waals surface area contributed by atoms with Gasteiger partial charge in [-0.15, -0.1) is 0 Å². The molecule has 10 heteroatoms. The predicted octanol–water partition coefficient (Wildman–Crippen LogP) is 3.35. The van der Waals surface area contributed by atoms with Crippen LogP contribution in [0.4, 0.5) is 11.5 Å². The third kappa shape index (κ3) is 6.51. The highest BCUT2D eigenvalue weighted by Crippen LogP contribution is 2.29. The van der Waals surface area contributed by atoms with E-state index in [0.717, 1.165) is 11.4 Å². The monoisotopic (exact) mass is 462 g/mol. The maximum absolute atomic E-state index is 11.4. The van der Waals surface area contributed by atoms with E-state index in [-0.39, 0.29) is 29.7 Å². The van der Waals surface area contributed by atoms with Crippen LogP contribution in [0, 0.1) is 11.3 Å². The van der Waals surface area contributed by atoms with Crippen LogP contribution < -0.4 is 11.1 Å². The van der Waals surface area contributed by atoms with E-state index in [4.69, 9.17) is 5.73 Å². The molecule has 0 saturated carbocycles. The molecule has 3 N–H and O–H groups in total. The first-order chi connectivity index (χ1) is 15.9. The van der Waals surface area contributed by atoms with E-state index >= 15 is 0 Å². The number of aromatic nitrogens is 3. The number of pyridine rings is 1. The second kappa shape index (κ2) is 11.1. The van der Waals surface area contributed by atoms with Gasteiger partial charge in [-0.05, 0) is 24.3 Å². The van der Waals surface area contributed by atoms with Crippen LogP contribution in [0.25, 0.3) is 11.3 Å². The molecule has 1 amide bonds. The van der Waals surface area contributed by atoms with Gasteiger partial charge in [0, 0.05) is 36.0 Å². The summed E-state index contributed by atoms with van der Waals surface area (Å²) in [6, 6.07) is 14.7. The lowest BCUT2D eigenvalue weighted by Gasteiger charge is -2.10. The maximum Gasteiger partial charge on any atom is 0.305 e. The Kier molecular flexibility index (Phi) is 7.94. The van der Waals surface area contributed by atoms with Gasteiger partial charge in [-0.3, -0.25) is 14.6 Å². The Labute approximate surface area is 195 Å². The molecular weight excluding hydrogens is 440 g/mol. The largest absolute Gasteiger partial charge is 0.469 e. The average Bonchev–Trinajstić information content (AvgIpc) is 2.81. The molecule has 9 nitrogen and oxygen atoms in total. The summed E-state index contributed by atoms with van der Waals surface area (Å²) in [5.41, 5.74) is 9.55. The molecule has 0 bridgehead atoms. The number of nitrogens with two attached hydrogens (primary N) is 1. The Balaban J connectivity index is 1.78. The number of carbonyl (C=O) groups is 2. The van der Waals surface area contributed by atoms with Crippen molar-refractivity contribution in [1.29, 1.82) is 5.26 Å². The van der Waals surface area contributed by atoms with E-state index in [9.17, 15) is 14.9 Å². The standard InChI is InChI=1S/C23H22N6O3S/c1-14(30)26-17-8-6-15(7-9-17)21-19(12-24)22(25)29-23(28-21)33-13-18-5-3-4-16(27-18)10-11-20(31)32-2/h3-9H,10-11,13H2,1-2H3,(H,26,30)(H2,25,28,29). The number of methoxy groups -OCH3 is 1. The Morgan fingerprint density at radius 2 is 1.85 bits per heavy atom. The molecule has 0 unspecified atom stereocenters. The fourth-order valence-electron chi connectivity index (χ4n) is 2.97. The zero-order valence-corrected chi connectivity index (χ0v) is 19.0. The molecule has 0 spiro atoms. The molecule has 0 radical (unpaired) electrons. The van der Waals surface area contributed by atoms with Gasteiger partial charge in [0.05, 0.1) is 24.9 Å². The Hall–Kier alpha value is -3.97. The van der Waals surface area contributed by atoms with Crippen molar-refractivity contribution < 1.29 is 14.3 Å². The number of aryl methyl sites for hydroxylation is 1. The Bertz CT molecular complexity index is 1210. The van der Waals surface area contributed by atoms with Gasteiger partial charge < -0.3 is 15.8 Å². The summed E-state index contributed by atoms with van der Waals surface area (Å²) in [7, 11) is 1.36. The number of benzene rings is 1. The summed E-state index contributed by atoms with van der Waals surface area (Å²) in [5, 5.41) is 12.7. The number of nitrogens with one attached hydrogen (secondary N) is 1. The summed E-state index contributed by atoms with van der Waals surface area (Å²) < 4.78 is 4.67. The van der Waals surface area contributed by atoms with Crippen molar-refractivity contribution >= 4 is 35.1 Å². The molecule has 33 heavy (non-hydrogen) atoms. The molecule has 0 aliphatic heterocycles. The lowest BCUT2D eigenvalue weighted by molar-refractivity contribution is -0.140. The van der Waals surface area contributed by atoms with Gasteiger partial charge in [0.2, 0.25) is 5.91 Å². The molecular formula is C23H22N6O3S. The first-order valence-electron chi connectivity index (χ1n) is 9.99. The van der Waals surface area contributed by atoms with Gasteiger partial charge in [-0.2, -0.15) is 5.26 Å². The number of esters is 1. The Morgan fingerprint density at radius 3 is 2.52 bits per heavy atom. The highest BCUT2D eigenvalue weighted by Gasteiger charge is 2.15. The lowest BCUT2D eigenvalue weighted by Crippen LogP contribution is -2.06. The first-order valence-corrected chi connectivity index (χ1v) is 11.0. The second-order valence-electron chi connectivity index (χ2n) is 6.97. The van der Waals surface area contributed by atoms with Crippen molar-refractivity contribution in [3.05, 3.63) is 59.4 Å². The molecule has 2 heterocycles. The minimum absolute atomic E-state index is 0.0933. The summed E-state index contributed by atoms with van der Waals surface area (Å²) >= 11 is 1.34. The number of ether oxygens (including phenoxy) is 1. The average molecular weight is 463 g/mol. The minimum atomic E-state index is -0.282. The number of anilines is 2. The summed E-state index contributed by atoms with van der Waals surface area (Å²) in [5.74, 6) is 0.123. The molecule has 0 aliphatic rings. The van der Waals surface area contributed by atoms with Crippen LogP contribution in [0.3, 0.4) is 0 Å². The van der Waals surface area contributed by atoms with Gasteiger partial charge in [0.25, 0.3) is 0 Å². The molecule has 2 aromatic heterocycles. The zero-order chi connectivity index (χ0) is 23.8. The van der Waals surface area contributed by atoms with Crippen molar-refractivity contribution in [2.75, 3.05) is 18.2 Å². The molecule has 0 saturated heterocycles. The van der Waals surface area contributed by atoms with Crippen LogP contribution in [-0.4, -0.2) is 33.9 Å². The van der Waals surface area contributed by atoms with Crippen LogP contribution in [0.5, 0.6) is 0 Å². The fraction of sp³-hybridized carbons (Fsp3) is 0.217. The number of thioether (sulfide) groups is 1. The Morgan fingerprint density at radius 1 is 1.12 bits per heavy atom. The number of nitrogens with zero attached hydrogens (tertiary/aromatic N) is 4. The normalized spacial score (nSPS) is 10.3. The number of amides is 1. The number of nitriles is 1. The van der Waals surface area contributed by atoms with Gasteiger partial charge in [0.1, 0.15) is 17.5 Å². The van der Waals surface area contributed by atoms with Crippen LogP contribution in [0.2, 0.25) is 0 Å². The SMILES string of the molecule is COC(=O)CCc1cccc(CSc2nc(N)c(C#N)c(-c3ccc(NC(C)=O)cc3)n2)n1. The molecule has 0 atom stereocenters. The summed E-state index contributed by atoms with van der Waals surface area (Å²) in [6.07, 6.45) is 0.754. The highest BCUT2D eigenvalue weighted by atomic mass is 32.2. The maximum atomic E-state index is 11.4. The first kappa shape index (κ1) is 23.7. The van der Waals surface area contributed by atoms with Gasteiger partial charge in [-0.1, -0.05) is 30.0 Å². The van der Waals surface area contributed by atoms with Gasteiger partial charge in [0.15, 0.2) is 5.16 Å². The van der Waals surface area contributed by atoms with Crippen molar-refractivity contribution in [3.8, 4) is 17.3 Å². The second-order valence-corrected chi connectivity index (χ2v) is 7.91. The quantitative estimate of drug-likeness (QED) is 0.292. The van der Waals surface area contributed by atoms with Crippen LogP contribution >= 0.6 is 11.8 Å². The number of hydrogen-bond donors (Lipinski definition) is 2. The van der Waals surface area contributed by atoms with E-state index in [1.807, 2.05) is 18.2 Å². The zero-order valence-electron chi connectivity index (χ0n) is 18.2. The molecule has 1 aromatic carbocycles. The number of carbonyl (C=O) groups excluding carboxylic acids is 2. The fourth-order valence-corrected chi connectivity index (χ4v) is 3.73. The van der Waals surface area contributed by atoms with Crippen molar-refractivity contribution in [3.63, 3.8) is 0 Å². The molecule has 0 fully saturated rings. The van der Waals surface area contributed by atoms with Crippen molar-refractivity contribution in [2.45, 2.75) is 30.7 Å². The lowest BCUT2D eigenvalue weighted by atomic mass is 10.1. The molecule has 0 aliphatic carbocycles. The smallest absolute Gasteiger partial charge is 0.305 e. The third-order valence-corrected chi connectivity index (χ3v) is 5.41. The van der Waals surface area contributed by atoms with Crippen molar-refractivity contribution in [1.82, 2.24) is 15.0 Å². The summed E-state index contributed by atoms with van der Waals surface area (Å²) in [6.45, 7) is 1.43.